The van der Waals surface area contributed by atoms with Crippen molar-refractivity contribution >= 4 is 37.4 Å². The number of amides is 1. The topological polar surface area (TPSA) is 54.5 Å². The van der Waals surface area contributed by atoms with Gasteiger partial charge in [0.2, 0.25) is 5.91 Å². The highest BCUT2D eigenvalue weighted by Crippen LogP contribution is 2.32. The molecular weight excluding hydrogens is 282 g/mol. The van der Waals surface area contributed by atoms with Crippen molar-refractivity contribution in [1.82, 2.24) is 0 Å². The second-order valence-corrected chi connectivity index (χ2v) is 6.20. The molecule has 1 aliphatic rings. The van der Waals surface area contributed by atoms with Crippen LogP contribution in [-0.2, 0) is 14.6 Å². The normalized spacial score (nSPS) is 18.8. The van der Waals surface area contributed by atoms with Crippen LogP contribution in [0.1, 0.15) is 0 Å². The first-order valence-corrected chi connectivity index (χ1v) is 6.65. The molecule has 0 fully saturated rings. The van der Waals surface area contributed by atoms with Crippen LogP contribution >= 0.6 is 15.9 Å². The molecule has 1 aliphatic heterocycles. The molecule has 0 spiro atoms. The molecule has 0 atom stereocenters. The molecule has 0 aliphatic carbocycles. The van der Waals surface area contributed by atoms with Gasteiger partial charge in [0.05, 0.1) is 10.6 Å². The van der Waals surface area contributed by atoms with Crippen LogP contribution in [0.15, 0.2) is 27.6 Å². The number of benzene rings is 1. The maximum Gasteiger partial charge on any atom is 0.242 e. The molecule has 0 bridgehead atoms. The van der Waals surface area contributed by atoms with Crippen LogP contribution in [0.5, 0.6) is 0 Å². The van der Waals surface area contributed by atoms with E-state index in [0.29, 0.717) is 10.2 Å². The average molecular weight is 290 g/mol. The predicted molar refractivity (Wildman–Crippen MR) is 59.6 cm³/mol. The van der Waals surface area contributed by atoms with Gasteiger partial charge in [0.1, 0.15) is 5.75 Å². The molecule has 4 nitrogen and oxygen atoms in total. The molecule has 6 heteroatoms. The standard InChI is InChI=1S/C9H8BrNO3S/c1-11-7-3-2-6(10)4-8(7)15(13,14)5-9(11)12/h2-4H,5H2,1H3. The number of sulfone groups is 1. The van der Waals surface area contributed by atoms with Crippen molar-refractivity contribution in [2.75, 3.05) is 17.7 Å². The highest BCUT2D eigenvalue weighted by Gasteiger charge is 2.32. The average Bonchev–Trinajstić information content (AvgIpc) is 2.14. The number of halogens is 1. The lowest BCUT2D eigenvalue weighted by Crippen LogP contribution is -2.37. The van der Waals surface area contributed by atoms with Crippen molar-refractivity contribution in [2.45, 2.75) is 4.90 Å². The van der Waals surface area contributed by atoms with Gasteiger partial charge in [-0.25, -0.2) is 8.42 Å². The molecule has 15 heavy (non-hydrogen) atoms. The largest absolute Gasteiger partial charge is 0.313 e. The fraction of sp³-hybridized carbons (Fsp3) is 0.222. The fourth-order valence-electron chi connectivity index (χ4n) is 1.49. The lowest BCUT2D eigenvalue weighted by molar-refractivity contribution is -0.116. The predicted octanol–water partition coefficient (Wildman–Crippen LogP) is 1.20. The molecule has 0 aromatic heterocycles. The van der Waals surface area contributed by atoms with Crippen molar-refractivity contribution in [3.8, 4) is 0 Å². The van der Waals surface area contributed by atoms with Crippen LogP contribution in [0.25, 0.3) is 0 Å². The lowest BCUT2D eigenvalue weighted by Gasteiger charge is -2.25. The van der Waals surface area contributed by atoms with E-state index >= 15 is 0 Å². The fourth-order valence-corrected chi connectivity index (χ4v) is 3.50. The molecule has 0 radical (unpaired) electrons. The Hall–Kier alpha value is -0.880. The van der Waals surface area contributed by atoms with Crippen LogP contribution in [0.3, 0.4) is 0 Å². The Morgan fingerprint density at radius 3 is 2.73 bits per heavy atom. The molecule has 1 amide bonds. The molecule has 0 N–H and O–H groups in total. The van der Waals surface area contributed by atoms with Crippen molar-refractivity contribution in [1.29, 1.82) is 0 Å². The molecule has 0 unspecified atom stereocenters. The monoisotopic (exact) mass is 289 g/mol. The molecule has 1 aromatic rings. The minimum atomic E-state index is -3.47. The van der Waals surface area contributed by atoms with Crippen LogP contribution in [0.4, 0.5) is 5.69 Å². The number of fused-ring (bicyclic) bond motifs is 1. The van der Waals surface area contributed by atoms with Crippen molar-refractivity contribution < 1.29 is 13.2 Å². The van der Waals surface area contributed by atoms with Gasteiger partial charge in [0.25, 0.3) is 0 Å². The van der Waals surface area contributed by atoms with Crippen molar-refractivity contribution in [3.63, 3.8) is 0 Å². The number of anilines is 1. The molecule has 1 heterocycles. The van der Waals surface area contributed by atoms with E-state index in [2.05, 4.69) is 15.9 Å². The minimum Gasteiger partial charge on any atom is -0.313 e. The summed E-state index contributed by atoms with van der Waals surface area (Å²) >= 11 is 3.21. The van der Waals surface area contributed by atoms with Gasteiger partial charge >= 0.3 is 0 Å². The van der Waals surface area contributed by atoms with Gasteiger partial charge in [-0.3, -0.25) is 4.79 Å². The van der Waals surface area contributed by atoms with Crippen LogP contribution < -0.4 is 4.90 Å². The zero-order valence-electron chi connectivity index (χ0n) is 7.90. The Kier molecular flexibility index (Phi) is 2.35. The van der Waals surface area contributed by atoms with E-state index in [1.54, 1.807) is 19.2 Å². The number of nitrogens with zero attached hydrogens (tertiary/aromatic N) is 1. The summed E-state index contributed by atoms with van der Waals surface area (Å²) in [6.07, 6.45) is 0. The van der Waals surface area contributed by atoms with Gasteiger partial charge < -0.3 is 4.90 Å². The zero-order valence-corrected chi connectivity index (χ0v) is 10.3. The van der Waals surface area contributed by atoms with E-state index < -0.39 is 21.5 Å². The highest BCUT2D eigenvalue weighted by atomic mass is 79.9. The van der Waals surface area contributed by atoms with Crippen LogP contribution in [0.2, 0.25) is 0 Å². The van der Waals surface area contributed by atoms with E-state index in [1.165, 1.54) is 11.0 Å². The van der Waals surface area contributed by atoms with E-state index in [0.717, 1.165) is 0 Å². The van der Waals surface area contributed by atoms with Crippen LogP contribution in [-0.4, -0.2) is 27.1 Å². The summed E-state index contributed by atoms with van der Waals surface area (Å²) in [5.41, 5.74) is 0.439. The number of rotatable bonds is 0. The first kappa shape index (κ1) is 10.6. The lowest BCUT2D eigenvalue weighted by atomic mass is 10.3. The summed E-state index contributed by atoms with van der Waals surface area (Å²) in [4.78, 5) is 13.0. The van der Waals surface area contributed by atoms with Gasteiger partial charge in [0.15, 0.2) is 9.84 Å². The molecule has 0 saturated heterocycles. The Balaban J connectivity index is 2.75. The zero-order chi connectivity index (χ0) is 11.2. The van der Waals surface area contributed by atoms with Gasteiger partial charge in [-0.05, 0) is 18.2 Å². The van der Waals surface area contributed by atoms with Crippen LogP contribution in [0, 0.1) is 0 Å². The molecule has 0 saturated carbocycles. The maximum atomic E-state index is 11.7. The first-order valence-electron chi connectivity index (χ1n) is 4.21. The summed E-state index contributed by atoms with van der Waals surface area (Å²) in [7, 11) is -1.89. The molecule has 80 valence electrons. The Morgan fingerprint density at radius 2 is 2.07 bits per heavy atom. The Bertz CT molecular complexity index is 538. The van der Waals surface area contributed by atoms with Gasteiger partial charge in [-0.2, -0.15) is 0 Å². The van der Waals surface area contributed by atoms with E-state index in [9.17, 15) is 13.2 Å². The summed E-state index contributed by atoms with van der Waals surface area (Å²) in [5.74, 6) is -0.850. The van der Waals surface area contributed by atoms with Gasteiger partial charge in [-0.15, -0.1) is 0 Å². The maximum absolute atomic E-state index is 11.7. The van der Waals surface area contributed by atoms with E-state index in [4.69, 9.17) is 0 Å². The third-order valence-electron chi connectivity index (χ3n) is 2.31. The van der Waals surface area contributed by atoms with E-state index in [1.807, 2.05) is 0 Å². The third kappa shape index (κ3) is 1.68. The minimum absolute atomic E-state index is 0.207. The van der Waals surface area contributed by atoms with Crippen molar-refractivity contribution in [2.24, 2.45) is 0 Å². The second-order valence-electron chi connectivity index (χ2n) is 3.32. The number of hydrogen-bond acceptors (Lipinski definition) is 3. The number of carbonyl (C=O) groups excluding carboxylic acids is 1. The second kappa shape index (κ2) is 3.31. The summed E-state index contributed by atoms with van der Waals surface area (Å²) < 4.78 is 24.1. The molecule has 2 rings (SSSR count). The summed E-state index contributed by atoms with van der Waals surface area (Å²) in [6.45, 7) is 0. The first-order chi connectivity index (χ1) is 6.92. The Labute approximate surface area is 95.9 Å². The number of hydrogen-bond donors (Lipinski definition) is 0. The van der Waals surface area contributed by atoms with Crippen molar-refractivity contribution in [3.05, 3.63) is 22.7 Å². The third-order valence-corrected chi connectivity index (χ3v) is 4.42. The number of carbonyl (C=O) groups is 1. The SMILES string of the molecule is CN1C(=O)CS(=O)(=O)c2cc(Br)ccc21. The summed E-state index contributed by atoms with van der Waals surface area (Å²) in [6, 6.07) is 4.85. The van der Waals surface area contributed by atoms with Gasteiger partial charge in [-0.1, -0.05) is 15.9 Å². The van der Waals surface area contributed by atoms with E-state index in [-0.39, 0.29) is 4.90 Å². The molecular formula is C9H8BrNO3S. The molecule has 1 aromatic carbocycles. The summed E-state index contributed by atoms with van der Waals surface area (Å²) in [5, 5.41) is 0. The smallest absolute Gasteiger partial charge is 0.242 e. The van der Waals surface area contributed by atoms with Gasteiger partial charge in [0, 0.05) is 11.5 Å². The highest BCUT2D eigenvalue weighted by molar-refractivity contribution is 9.10. The Morgan fingerprint density at radius 1 is 1.40 bits per heavy atom. The quantitative estimate of drug-likeness (QED) is 0.721.